The molecule has 0 saturated carbocycles. The van der Waals surface area contributed by atoms with Gasteiger partial charge in [0.05, 0.1) is 60.6 Å². The molecule has 3 aromatic rings. The van der Waals surface area contributed by atoms with E-state index in [9.17, 15) is 25.9 Å². The predicted molar refractivity (Wildman–Crippen MR) is 204 cm³/mol. The zero-order chi connectivity index (χ0) is 39.1. The van der Waals surface area contributed by atoms with Gasteiger partial charge >= 0.3 is 0 Å². The van der Waals surface area contributed by atoms with Crippen molar-refractivity contribution < 1.29 is 49.6 Å². The summed E-state index contributed by atoms with van der Waals surface area (Å²) in [6, 6.07) is 14.1. The van der Waals surface area contributed by atoms with Crippen molar-refractivity contribution in [2.75, 3.05) is 53.4 Å². The van der Waals surface area contributed by atoms with Crippen molar-refractivity contribution in [1.82, 2.24) is 0 Å². The van der Waals surface area contributed by atoms with Crippen molar-refractivity contribution in [3.05, 3.63) is 82.9 Å². The summed E-state index contributed by atoms with van der Waals surface area (Å²) in [6.07, 6.45) is 11.8. The van der Waals surface area contributed by atoms with Gasteiger partial charge in [-0.05, 0) is 55.0 Å². The van der Waals surface area contributed by atoms with E-state index in [1.165, 1.54) is 93.5 Å². The average molecular weight is 783 g/mol. The first-order chi connectivity index (χ1) is 26.0. The highest BCUT2D eigenvalue weighted by Crippen LogP contribution is 2.29. The SMILES string of the molecule is CCCCCCCCCCCCOc1cc(C#Cc2ccc(S(=O)(=O)[O-])cc2)c(OCCOCCOCCOC)cc1C#Cc1ccc(S(=O)(=O)[O-])cc1. The van der Waals surface area contributed by atoms with Gasteiger partial charge in [0, 0.05) is 30.4 Å². The second-order valence-corrected chi connectivity index (χ2v) is 15.2. The van der Waals surface area contributed by atoms with Gasteiger partial charge in [0.1, 0.15) is 38.3 Å². The van der Waals surface area contributed by atoms with Gasteiger partial charge in [-0.25, -0.2) is 16.8 Å². The van der Waals surface area contributed by atoms with Crippen LogP contribution in [-0.4, -0.2) is 79.3 Å². The molecule has 294 valence electrons. The van der Waals surface area contributed by atoms with Gasteiger partial charge in [-0.15, -0.1) is 0 Å². The predicted octanol–water partition coefficient (Wildman–Crippen LogP) is 6.65. The Bertz CT molecular complexity index is 1900. The summed E-state index contributed by atoms with van der Waals surface area (Å²) >= 11 is 0. The molecule has 0 heterocycles. The largest absolute Gasteiger partial charge is 0.744 e. The Labute approximate surface area is 321 Å². The summed E-state index contributed by atoms with van der Waals surface area (Å²) in [7, 11) is -7.59. The van der Waals surface area contributed by atoms with Gasteiger partial charge in [0.15, 0.2) is 0 Å². The standard InChI is InChI=1S/C41H52O11S2/c1-3-4-5-6-7-8-9-10-11-12-25-51-40-32-37(20-14-35-17-23-39(24-18-35)54(45,46)47)41(52-31-30-50-29-28-49-27-26-48-2)33-36(40)19-13-34-15-21-38(22-16-34)53(42,43)44/h15-18,21-24,32-33H,3-12,25-31H2,1-2H3,(H,42,43,44)(H,45,46,47)/p-2. The van der Waals surface area contributed by atoms with E-state index in [1.54, 1.807) is 19.2 Å². The normalized spacial score (nSPS) is 11.3. The number of hydrogen-bond acceptors (Lipinski definition) is 11. The van der Waals surface area contributed by atoms with Crippen molar-refractivity contribution in [2.24, 2.45) is 0 Å². The van der Waals surface area contributed by atoms with Crippen molar-refractivity contribution in [1.29, 1.82) is 0 Å². The third kappa shape index (κ3) is 17.5. The molecule has 0 unspecified atom stereocenters. The van der Waals surface area contributed by atoms with Crippen LogP contribution in [0.2, 0.25) is 0 Å². The van der Waals surface area contributed by atoms with E-state index in [1.807, 2.05) is 0 Å². The van der Waals surface area contributed by atoms with E-state index < -0.39 is 20.2 Å². The molecule has 3 aromatic carbocycles. The first-order valence-corrected chi connectivity index (χ1v) is 21.1. The molecule has 13 heteroatoms. The van der Waals surface area contributed by atoms with Crippen LogP contribution in [0.15, 0.2) is 70.5 Å². The van der Waals surface area contributed by atoms with E-state index >= 15 is 0 Å². The third-order valence-corrected chi connectivity index (χ3v) is 9.79. The Morgan fingerprint density at radius 1 is 0.500 bits per heavy atom. The highest BCUT2D eigenvalue weighted by Gasteiger charge is 2.12. The highest BCUT2D eigenvalue weighted by molar-refractivity contribution is 7.86. The minimum Gasteiger partial charge on any atom is -0.744 e. The first kappa shape index (κ1) is 44.5. The van der Waals surface area contributed by atoms with Crippen LogP contribution in [0.25, 0.3) is 0 Å². The van der Waals surface area contributed by atoms with E-state index in [4.69, 9.17) is 23.7 Å². The molecule has 0 amide bonds. The van der Waals surface area contributed by atoms with Gasteiger partial charge < -0.3 is 32.8 Å². The van der Waals surface area contributed by atoms with Crippen LogP contribution >= 0.6 is 0 Å². The zero-order valence-electron chi connectivity index (χ0n) is 31.1. The molecule has 0 aliphatic rings. The third-order valence-electron chi connectivity index (χ3n) is 8.10. The number of benzene rings is 3. The van der Waals surface area contributed by atoms with Gasteiger partial charge in [-0.1, -0.05) is 88.4 Å². The van der Waals surface area contributed by atoms with Crippen LogP contribution < -0.4 is 9.47 Å². The van der Waals surface area contributed by atoms with Crippen LogP contribution in [0.1, 0.15) is 93.4 Å². The Hall–Kier alpha value is -3.92. The number of rotatable bonds is 24. The fourth-order valence-electron chi connectivity index (χ4n) is 5.13. The minimum atomic E-state index is -4.60. The summed E-state index contributed by atoms with van der Waals surface area (Å²) in [4.78, 5) is -0.698. The Morgan fingerprint density at radius 2 is 0.889 bits per heavy atom. The van der Waals surface area contributed by atoms with Crippen LogP contribution in [0, 0.1) is 23.7 Å². The quantitative estimate of drug-likeness (QED) is 0.0544. The second-order valence-electron chi connectivity index (χ2n) is 12.4. The molecule has 0 fully saturated rings. The van der Waals surface area contributed by atoms with Crippen LogP contribution in [0.3, 0.4) is 0 Å². The van der Waals surface area contributed by atoms with Crippen molar-refractivity contribution >= 4 is 20.2 Å². The van der Waals surface area contributed by atoms with Gasteiger partial charge in [0.2, 0.25) is 0 Å². The van der Waals surface area contributed by atoms with Gasteiger partial charge in [0.25, 0.3) is 0 Å². The number of unbranched alkanes of at least 4 members (excludes halogenated alkanes) is 9. The summed E-state index contributed by atoms with van der Waals surface area (Å²) in [5, 5.41) is 0. The molecule has 0 N–H and O–H groups in total. The van der Waals surface area contributed by atoms with Crippen LogP contribution in [0.4, 0.5) is 0 Å². The molecule has 0 aliphatic heterocycles. The molecular formula is C41H50O11S2-2. The van der Waals surface area contributed by atoms with E-state index in [-0.39, 0.29) is 23.0 Å². The Balaban J connectivity index is 1.84. The lowest BCUT2D eigenvalue weighted by Gasteiger charge is -2.14. The molecule has 0 spiro atoms. The fraction of sp³-hybridized carbons (Fsp3) is 0.463. The second kappa shape index (κ2) is 24.5. The van der Waals surface area contributed by atoms with Crippen molar-refractivity contribution in [3.63, 3.8) is 0 Å². The van der Waals surface area contributed by atoms with Gasteiger partial charge in [-0.2, -0.15) is 0 Å². The minimum absolute atomic E-state index is 0.180. The fourth-order valence-corrected chi connectivity index (χ4v) is 6.07. The molecule has 0 aromatic heterocycles. The maximum absolute atomic E-state index is 11.4. The first-order valence-electron chi connectivity index (χ1n) is 18.3. The summed E-state index contributed by atoms with van der Waals surface area (Å²) in [5.41, 5.74) is 1.94. The topological polar surface area (TPSA) is 161 Å². The smallest absolute Gasteiger partial charge is 0.136 e. The maximum atomic E-state index is 11.4. The lowest BCUT2D eigenvalue weighted by atomic mass is 10.1. The number of hydrogen-bond donors (Lipinski definition) is 0. The molecule has 0 radical (unpaired) electrons. The van der Waals surface area contributed by atoms with E-state index in [0.29, 0.717) is 66.8 Å². The molecule has 0 atom stereocenters. The lowest BCUT2D eigenvalue weighted by molar-refractivity contribution is 0.0179. The van der Waals surface area contributed by atoms with Crippen LogP contribution in [0.5, 0.6) is 11.5 Å². The van der Waals surface area contributed by atoms with Crippen molar-refractivity contribution in [2.45, 2.75) is 80.9 Å². The van der Waals surface area contributed by atoms with E-state index in [2.05, 4.69) is 30.6 Å². The zero-order valence-corrected chi connectivity index (χ0v) is 32.7. The molecular weight excluding hydrogens is 733 g/mol. The lowest BCUT2D eigenvalue weighted by Crippen LogP contribution is -2.12. The maximum Gasteiger partial charge on any atom is 0.136 e. The number of methoxy groups -OCH3 is 1. The number of ether oxygens (including phenoxy) is 5. The average Bonchev–Trinajstić information content (AvgIpc) is 3.14. The molecule has 11 nitrogen and oxygen atoms in total. The van der Waals surface area contributed by atoms with E-state index in [0.717, 1.165) is 19.3 Å². The summed E-state index contributed by atoms with van der Waals surface area (Å²) in [5.74, 6) is 13.0. The monoisotopic (exact) mass is 782 g/mol. The Kier molecular flexibility index (Phi) is 20.2. The van der Waals surface area contributed by atoms with Gasteiger partial charge in [-0.3, -0.25) is 0 Å². The molecule has 0 aliphatic carbocycles. The Morgan fingerprint density at radius 3 is 1.31 bits per heavy atom. The molecule has 0 bridgehead atoms. The molecule has 54 heavy (non-hydrogen) atoms. The summed E-state index contributed by atoms with van der Waals surface area (Å²) < 4.78 is 96.7. The highest BCUT2D eigenvalue weighted by atomic mass is 32.2. The van der Waals surface area contributed by atoms with Crippen LogP contribution in [-0.2, 0) is 34.4 Å². The van der Waals surface area contributed by atoms with Crippen molar-refractivity contribution in [3.8, 4) is 35.2 Å². The molecule has 0 saturated heterocycles. The summed E-state index contributed by atoms with van der Waals surface area (Å²) in [6.45, 7) is 4.83. The molecule has 3 rings (SSSR count).